The predicted molar refractivity (Wildman–Crippen MR) is 48.7 cm³/mol. The maximum Gasteiger partial charge on any atom is 0.0870 e. The van der Waals surface area contributed by atoms with Crippen LogP contribution in [0.3, 0.4) is 0 Å². The van der Waals surface area contributed by atoms with E-state index in [2.05, 4.69) is 32.3 Å². The Morgan fingerprint density at radius 1 is 1.30 bits per heavy atom. The molecule has 0 spiro atoms. The molecule has 0 aromatic heterocycles. The Balaban J connectivity index is 3.37. The van der Waals surface area contributed by atoms with E-state index in [1.165, 1.54) is 0 Å². The van der Waals surface area contributed by atoms with Crippen LogP contribution in [-0.2, 0) is 4.74 Å². The lowest BCUT2D eigenvalue weighted by Gasteiger charge is -2.07. The molecule has 0 aromatic carbocycles. The molecule has 0 atom stereocenters. The highest BCUT2D eigenvalue weighted by Crippen LogP contribution is 2.01. The van der Waals surface area contributed by atoms with Crippen molar-refractivity contribution in [1.29, 1.82) is 0 Å². The van der Waals surface area contributed by atoms with E-state index in [-0.39, 0.29) is 0 Å². The minimum atomic E-state index is -1.01. The molecule has 0 N–H and O–H groups in total. The van der Waals surface area contributed by atoms with Gasteiger partial charge in [-0.1, -0.05) is 32.3 Å². The molecule has 10 heavy (non-hydrogen) atoms. The molecule has 0 rings (SSSR count). The summed E-state index contributed by atoms with van der Waals surface area (Å²) < 4.78 is 5.21. The zero-order valence-electron chi connectivity index (χ0n) is 7.48. The van der Waals surface area contributed by atoms with Crippen molar-refractivity contribution in [1.82, 2.24) is 0 Å². The van der Waals surface area contributed by atoms with E-state index >= 15 is 0 Å². The van der Waals surface area contributed by atoms with Crippen molar-refractivity contribution in [2.75, 3.05) is 6.61 Å². The number of ether oxygens (including phenoxy) is 1. The second-order valence-electron chi connectivity index (χ2n) is 3.54. The minimum absolute atomic E-state index is 0.848. The first-order valence-corrected chi connectivity index (χ1v) is 7.43. The fraction of sp³-hybridized carbons (Fsp3) is 0.750. The topological polar surface area (TPSA) is 9.23 Å². The molecule has 0 radical (unpaired) electrons. The van der Waals surface area contributed by atoms with Crippen LogP contribution in [0.5, 0.6) is 0 Å². The zero-order chi connectivity index (χ0) is 8.04. The van der Waals surface area contributed by atoms with Crippen molar-refractivity contribution in [3.63, 3.8) is 0 Å². The van der Waals surface area contributed by atoms with Gasteiger partial charge in [0.1, 0.15) is 0 Å². The molecule has 2 heteroatoms. The minimum Gasteiger partial charge on any atom is -0.502 e. The van der Waals surface area contributed by atoms with Gasteiger partial charge in [0.15, 0.2) is 0 Å². The summed E-state index contributed by atoms with van der Waals surface area (Å²) >= 11 is 0. The monoisotopic (exact) mass is 158 g/mol. The van der Waals surface area contributed by atoms with E-state index in [1.807, 2.05) is 6.26 Å². The Morgan fingerprint density at radius 3 is 2.30 bits per heavy atom. The largest absolute Gasteiger partial charge is 0.502 e. The van der Waals surface area contributed by atoms with Gasteiger partial charge in [0.25, 0.3) is 0 Å². The molecule has 0 fully saturated rings. The summed E-state index contributed by atoms with van der Waals surface area (Å²) in [5, 5.41) is 0. The van der Waals surface area contributed by atoms with Crippen LogP contribution in [0.2, 0.25) is 19.6 Å². The lowest BCUT2D eigenvalue weighted by molar-refractivity contribution is 0.250. The van der Waals surface area contributed by atoms with Gasteiger partial charge in [0, 0.05) is 0 Å². The second kappa shape index (κ2) is 4.55. The summed E-state index contributed by atoms with van der Waals surface area (Å²) in [4.78, 5) is 0. The van der Waals surface area contributed by atoms with Crippen LogP contribution in [0.15, 0.2) is 12.0 Å². The van der Waals surface area contributed by atoms with Gasteiger partial charge >= 0.3 is 0 Å². The van der Waals surface area contributed by atoms with Gasteiger partial charge in [-0.3, -0.25) is 0 Å². The summed E-state index contributed by atoms with van der Waals surface area (Å²) in [5.41, 5.74) is 2.21. The van der Waals surface area contributed by atoms with Gasteiger partial charge in [-0.05, 0) is 6.42 Å². The van der Waals surface area contributed by atoms with E-state index in [9.17, 15) is 0 Å². The maximum atomic E-state index is 5.21. The number of hydrogen-bond donors (Lipinski definition) is 0. The molecule has 0 aliphatic carbocycles. The zero-order valence-corrected chi connectivity index (χ0v) is 8.48. The molecule has 0 saturated heterocycles. The fourth-order valence-electron chi connectivity index (χ4n) is 0.438. The average molecular weight is 158 g/mol. The van der Waals surface area contributed by atoms with Crippen LogP contribution in [0.25, 0.3) is 0 Å². The molecule has 0 aliphatic heterocycles. The Bertz CT molecular complexity index is 102. The van der Waals surface area contributed by atoms with Crippen molar-refractivity contribution in [2.24, 2.45) is 0 Å². The van der Waals surface area contributed by atoms with Crippen LogP contribution in [-0.4, -0.2) is 14.7 Å². The molecule has 0 aromatic rings. The van der Waals surface area contributed by atoms with Gasteiger partial charge in [0.05, 0.1) is 20.9 Å². The summed E-state index contributed by atoms with van der Waals surface area (Å²) in [6.45, 7) is 9.83. The Labute approximate surface area is 65.1 Å². The van der Waals surface area contributed by atoms with Crippen LogP contribution < -0.4 is 0 Å². The van der Waals surface area contributed by atoms with E-state index in [0.29, 0.717) is 0 Å². The standard InChI is InChI=1S/C8H18OSi/c1-5-6-9-7-8-10(2,3)4/h7-8H,5-6H2,1-4H3/b8-7+. The molecular formula is C8H18OSi. The third-order valence-corrected chi connectivity index (χ3v) is 2.12. The molecule has 0 heterocycles. The normalized spacial score (nSPS) is 12.4. The first-order chi connectivity index (χ1) is 4.56. The van der Waals surface area contributed by atoms with Crippen molar-refractivity contribution in [3.8, 4) is 0 Å². The van der Waals surface area contributed by atoms with Gasteiger partial charge in [-0.2, -0.15) is 0 Å². The lowest BCUT2D eigenvalue weighted by Crippen LogP contribution is -2.15. The molecule has 0 bridgehead atoms. The van der Waals surface area contributed by atoms with Crippen molar-refractivity contribution in [2.45, 2.75) is 33.0 Å². The van der Waals surface area contributed by atoms with E-state index in [4.69, 9.17) is 4.74 Å². The third-order valence-electron chi connectivity index (χ3n) is 0.986. The SMILES string of the molecule is CCCO/C=C/[Si](C)(C)C. The molecule has 1 nitrogen and oxygen atoms in total. The quantitative estimate of drug-likeness (QED) is 0.347. The first-order valence-electron chi connectivity index (χ1n) is 3.85. The van der Waals surface area contributed by atoms with Gasteiger partial charge < -0.3 is 4.74 Å². The predicted octanol–water partition coefficient (Wildman–Crippen LogP) is 2.80. The molecule has 0 aliphatic rings. The highest BCUT2D eigenvalue weighted by atomic mass is 28.3. The Kier molecular flexibility index (Phi) is 4.44. The van der Waals surface area contributed by atoms with Crippen molar-refractivity contribution in [3.05, 3.63) is 12.0 Å². The van der Waals surface area contributed by atoms with E-state index < -0.39 is 8.07 Å². The lowest BCUT2D eigenvalue weighted by atomic mass is 10.5. The fourth-order valence-corrected chi connectivity index (χ4v) is 0.943. The molecule has 0 amide bonds. The van der Waals surface area contributed by atoms with Crippen molar-refractivity contribution >= 4 is 8.07 Å². The van der Waals surface area contributed by atoms with E-state index in [1.54, 1.807) is 0 Å². The summed E-state index contributed by atoms with van der Waals surface area (Å²) in [6.07, 6.45) is 2.95. The number of rotatable bonds is 4. The van der Waals surface area contributed by atoms with Crippen LogP contribution in [0.1, 0.15) is 13.3 Å². The van der Waals surface area contributed by atoms with Crippen LogP contribution in [0, 0.1) is 0 Å². The summed E-state index contributed by atoms with van der Waals surface area (Å²) in [5.74, 6) is 0. The molecule has 0 saturated carbocycles. The average Bonchev–Trinajstić information content (AvgIpc) is 1.78. The summed E-state index contributed by atoms with van der Waals surface area (Å²) in [6, 6.07) is 0. The number of hydrogen-bond acceptors (Lipinski definition) is 1. The van der Waals surface area contributed by atoms with Crippen LogP contribution >= 0.6 is 0 Å². The second-order valence-corrected chi connectivity index (χ2v) is 8.60. The highest BCUT2D eigenvalue weighted by molar-refractivity contribution is 6.80. The Hall–Kier alpha value is -0.243. The third kappa shape index (κ3) is 7.76. The van der Waals surface area contributed by atoms with Gasteiger partial charge in [-0.15, -0.1) is 0 Å². The molecule has 0 unspecified atom stereocenters. The summed E-state index contributed by atoms with van der Waals surface area (Å²) in [7, 11) is -1.01. The van der Waals surface area contributed by atoms with Gasteiger partial charge in [-0.25, -0.2) is 0 Å². The molecule has 60 valence electrons. The smallest absolute Gasteiger partial charge is 0.0870 e. The Morgan fingerprint density at radius 2 is 1.90 bits per heavy atom. The van der Waals surface area contributed by atoms with Gasteiger partial charge in [0.2, 0.25) is 0 Å². The van der Waals surface area contributed by atoms with Crippen molar-refractivity contribution < 1.29 is 4.74 Å². The highest BCUT2D eigenvalue weighted by Gasteiger charge is 2.06. The molecular weight excluding hydrogens is 140 g/mol. The van der Waals surface area contributed by atoms with E-state index in [0.717, 1.165) is 13.0 Å². The first kappa shape index (κ1) is 9.76. The maximum absolute atomic E-state index is 5.21. The van der Waals surface area contributed by atoms with Crippen LogP contribution in [0.4, 0.5) is 0 Å².